The number of hydrogen-bond acceptors (Lipinski definition) is 2. The van der Waals surface area contributed by atoms with Gasteiger partial charge in [0, 0.05) is 12.1 Å². The van der Waals surface area contributed by atoms with Crippen LogP contribution in [-0.4, -0.2) is 11.6 Å². The summed E-state index contributed by atoms with van der Waals surface area (Å²) < 4.78 is 12.8. The fourth-order valence-electron chi connectivity index (χ4n) is 0.706. The van der Waals surface area contributed by atoms with Gasteiger partial charge in [0.2, 0.25) is 0 Å². The number of benzene rings is 1. The zero-order chi connectivity index (χ0) is 10.3. The molecule has 0 unspecified atom stereocenters. The first kappa shape index (κ1) is 11.9. The number of rotatable bonds is 1. The van der Waals surface area contributed by atoms with Crippen LogP contribution < -0.4 is 5.73 Å². The van der Waals surface area contributed by atoms with Gasteiger partial charge in [-0.3, -0.25) is 4.79 Å². The largest absolute Gasteiger partial charge is 0.483 e. The van der Waals surface area contributed by atoms with Crippen LogP contribution in [0.5, 0.6) is 0 Å². The van der Waals surface area contributed by atoms with Gasteiger partial charge in [-0.2, -0.15) is 0 Å². The molecule has 0 saturated heterocycles. The van der Waals surface area contributed by atoms with Crippen molar-refractivity contribution in [3.8, 4) is 0 Å². The van der Waals surface area contributed by atoms with Crippen LogP contribution in [0.2, 0.25) is 5.02 Å². The van der Waals surface area contributed by atoms with Crippen molar-refractivity contribution in [3.63, 3.8) is 0 Å². The first-order valence-electron chi connectivity index (χ1n) is 3.38. The highest BCUT2D eigenvalue weighted by atomic mass is 35.5. The van der Waals surface area contributed by atoms with Crippen LogP contribution in [0.4, 0.5) is 4.39 Å². The molecule has 0 bridgehead atoms. The molecule has 0 aliphatic rings. The summed E-state index contributed by atoms with van der Waals surface area (Å²) in [5.41, 5.74) is 5.67. The maximum Gasteiger partial charge on any atom is 0.290 e. The Hall–Kier alpha value is -1.13. The maximum atomic E-state index is 12.8. The Labute approximate surface area is 79.9 Å². The van der Waals surface area contributed by atoms with E-state index in [9.17, 15) is 4.39 Å². The lowest BCUT2D eigenvalue weighted by Crippen LogP contribution is -1.99. The van der Waals surface area contributed by atoms with Gasteiger partial charge >= 0.3 is 0 Å². The molecule has 0 atom stereocenters. The molecule has 5 heteroatoms. The molecule has 3 N–H and O–H groups in total. The second-order valence-corrected chi connectivity index (χ2v) is 2.43. The molecular formula is C8H9ClFNO2. The summed E-state index contributed by atoms with van der Waals surface area (Å²) in [7, 11) is 0. The first-order valence-corrected chi connectivity index (χ1v) is 3.76. The molecule has 1 aromatic rings. The third kappa shape index (κ3) is 3.87. The monoisotopic (exact) mass is 205 g/mol. The molecule has 1 rings (SSSR count). The predicted molar refractivity (Wildman–Crippen MR) is 48.0 cm³/mol. The third-order valence-corrected chi connectivity index (χ3v) is 1.54. The predicted octanol–water partition coefficient (Wildman–Crippen LogP) is 1.64. The molecule has 0 heterocycles. The average Bonchev–Trinajstić information content (AvgIpc) is 2.11. The summed E-state index contributed by atoms with van der Waals surface area (Å²) in [4.78, 5) is 8.36. The smallest absolute Gasteiger partial charge is 0.290 e. The molecule has 0 spiro atoms. The lowest BCUT2D eigenvalue weighted by molar-refractivity contribution is -0.122. The van der Waals surface area contributed by atoms with E-state index in [-0.39, 0.29) is 18.0 Å². The van der Waals surface area contributed by atoms with Crippen molar-refractivity contribution < 1.29 is 14.3 Å². The van der Waals surface area contributed by atoms with Crippen LogP contribution in [0.1, 0.15) is 5.56 Å². The first-order chi connectivity index (χ1) is 6.17. The topological polar surface area (TPSA) is 63.3 Å². The molecule has 0 aromatic heterocycles. The second-order valence-electron chi connectivity index (χ2n) is 2.02. The maximum absolute atomic E-state index is 12.8. The Morgan fingerprint density at radius 3 is 2.54 bits per heavy atom. The van der Waals surface area contributed by atoms with Gasteiger partial charge in [-0.1, -0.05) is 23.7 Å². The highest BCUT2D eigenvalue weighted by Gasteiger charge is 2.02. The number of nitrogens with two attached hydrogens (primary N) is 1. The highest BCUT2D eigenvalue weighted by Crippen LogP contribution is 2.16. The zero-order valence-corrected chi connectivity index (χ0v) is 7.46. The Kier molecular flexibility index (Phi) is 5.84. The summed E-state index contributed by atoms with van der Waals surface area (Å²) in [6, 6.07) is 4.78. The summed E-state index contributed by atoms with van der Waals surface area (Å²) >= 11 is 5.46. The molecule has 0 aliphatic heterocycles. The summed E-state index contributed by atoms with van der Waals surface area (Å²) in [5.74, 6) is -0.410. The van der Waals surface area contributed by atoms with E-state index in [1.54, 1.807) is 12.1 Å². The van der Waals surface area contributed by atoms with Crippen LogP contribution in [0.25, 0.3) is 0 Å². The molecule has 0 amide bonds. The third-order valence-electron chi connectivity index (χ3n) is 1.25. The Morgan fingerprint density at radius 2 is 2.15 bits per heavy atom. The lowest BCUT2D eigenvalue weighted by atomic mass is 10.2. The molecule has 0 fully saturated rings. The van der Waals surface area contributed by atoms with Crippen molar-refractivity contribution in [3.05, 3.63) is 34.6 Å². The van der Waals surface area contributed by atoms with Crippen molar-refractivity contribution in [2.75, 3.05) is 0 Å². The van der Waals surface area contributed by atoms with E-state index in [1.165, 1.54) is 6.07 Å². The molecule has 0 aliphatic carbocycles. The van der Waals surface area contributed by atoms with Gasteiger partial charge < -0.3 is 10.8 Å². The van der Waals surface area contributed by atoms with Gasteiger partial charge in [-0.25, -0.2) is 4.39 Å². The van der Waals surface area contributed by atoms with E-state index in [0.29, 0.717) is 5.56 Å². The minimum absolute atomic E-state index is 0.128. The van der Waals surface area contributed by atoms with Gasteiger partial charge in [-0.15, -0.1) is 0 Å². The van der Waals surface area contributed by atoms with E-state index in [2.05, 4.69) is 0 Å². The summed E-state index contributed by atoms with van der Waals surface area (Å²) in [6.45, 7) is -0.0631. The summed E-state index contributed by atoms with van der Waals surface area (Å²) in [5, 5.41) is 7.02. The van der Waals surface area contributed by atoms with Crippen molar-refractivity contribution in [2.45, 2.75) is 6.54 Å². The van der Waals surface area contributed by atoms with E-state index in [0.717, 1.165) is 0 Å². The Morgan fingerprint density at radius 1 is 1.62 bits per heavy atom. The summed E-state index contributed by atoms with van der Waals surface area (Å²) in [6.07, 6.45) is 0. The molecule has 1 aromatic carbocycles. The van der Waals surface area contributed by atoms with Crippen molar-refractivity contribution >= 4 is 18.1 Å². The van der Waals surface area contributed by atoms with Crippen molar-refractivity contribution in [2.24, 2.45) is 5.73 Å². The van der Waals surface area contributed by atoms with Crippen LogP contribution >= 0.6 is 11.6 Å². The van der Waals surface area contributed by atoms with E-state index >= 15 is 0 Å². The fourth-order valence-corrected chi connectivity index (χ4v) is 0.900. The molecule has 0 radical (unpaired) electrons. The number of hydrogen-bond donors (Lipinski definition) is 2. The second kappa shape index (κ2) is 6.39. The zero-order valence-electron chi connectivity index (χ0n) is 6.71. The van der Waals surface area contributed by atoms with Crippen LogP contribution in [-0.2, 0) is 11.3 Å². The van der Waals surface area contributed by atoms with Crippen LogP contribution in [0.15, 0.2) is 18.2 Å². The van der Waals surface area contributed by atoms with Gasteiger partial charge in [0.05, 0.1) is 5.02 Å². The standard InChI is InChI=1S/C7H7ClFN.CH2O2/c8-6-3-1-2-5(4-10)7(6)9;2-1-3/h1-3H,4,10H2;1H,(H,2,3). The van der Waals surface area contributed by atoms with Gasteiger partial charge in [-0.05, 0) is 6.07 Å². The van der Waals surface area contributed by atoms with Crippen LogP contribution in [0, 0.1) is 5.82 Å². The SMILES string of the molecule is NCc1cccc(Cl)c1F.O=CO. The van der Waals surface area contributed by atoms with Gasteiger partial charge in [0.15, 0.2) is 0 Å². The molecular weight excluding hydrogens is 197 g/mol. The van der Waals surface area contributed by atoms with Crippen molar-refractivity contribution in [1.29, 1.82) is 0 Å². The normalized spacial score (nSPS) is 8.54. The van der Waals surface area contributed by atoms with E-state index < -0.39 is 5.82 Å². The number of carboxylic acid groups (broad SMARTS) is 1. The fraction of sp³-hybridized carbons (Fsp3) is 0.125. The minimum atomic E-state index is -0.410. The molecule has 72 valence electrons. The van der Waals surface area contributed by atoms with Crippen LogP contribution in [0.3, 0.4) is 0 Å². The lowest BCUT2D eigenvalue weighted by Gasteiger charge is -1.98. The van der Waals surface area contributed by atoms with Crippen molar-refractivity contribution in [1.82, 2.24) is 0 Å². The molecule has 13 heavy (non-hydrogen) atoms. The number of halogens is 2. The van der Waals surface area contributed by atoms with E-state index in [4.69, 9.17) is 27.2 Å². The Balaban J connectivity index is 0.000000424. The highest BCUT2D eigenvalue weighted by molar-refractivity contribution is 6.30. The minimum Gasteiger partial charge on any atom is -0.483 e. The van der Waals surface area contributed by atoms with Gasteiger partial charge in [0.1, 0.15) is 5.82 Å². The van der Waals surface area contributed by atoms with Gasteiger partial charge in [0.25, 0.3) is 6.47 Å². The quantitative estimate of drug-likeness (QED) is 0.685. The number of carbonyl (C=O) groups is 1. The molecule has 3 nitrogen and oxygen atoms in total. The van der Waals surface area contributed by atoms with E-state index in [1.807, 2.05) is 0 Å². The Bertz CT molecular complexity index is 281. The average molecular weight is 206 g/mol. The molecule has 0 saturated carbocycles.